The molecule has 1 N–H and O–H groups in total. The molecule has 2 aliphatic heterocycles. The summed E-state index contributed by atoms with van der Waals surface area (Å²) in [4.78, 5) is 12.2. The van der Waals surface area contributed by atoms with Crippen LogP contribution in [0.15, 0.2) is 11.0 Å². The van der Waals surface area contributed by atoms with Crippen LogP contribution in [0.4, 0.5) is 0 Å². The van der Waals surface area contributed by atoms with Crippen LogP contribution >= 0.6 is 11.8 Å². The molecule has 3 heteroatoms. The molecule has 9 heavy (non-hydrogen) atoms. The average Bonchev–Trinajstić information content (AvgIpc) is 2.35. The molecule has 1 fully saturated rings. The Hall–Kier alpha value is -0.280. The van der Waals surface area contributed by atoms with Crippen molar-refractivity contribution in [3.8, 4) is 0 Å². The molecule has 0 spiro atoms. The Morgan fingerprint density at radius 1 is 1.78 bits per heavy atom. The first-order valence-corrected chi connectivity index (χ1v) is 3.95. The molecule has 0 bridgehead atoms. The number of rotatable bonds is 0. The number of nitrogens with one attached hydrogen (secondary N) is 1. The molecule has 0 aromatic rings. The summed E-state index contributed by atoms with van der Waals surface area (Å²) >= 11 is 1.67. The molecule has 48 valence electrons. The van der Waals surface area contributed by atoms with Crippen LogP contribution in [0, 0.1) is 0 Å². The van der Waals surface area contributed by atoms with Gasteiger partial charge in [-0.15, -0.1) is 11.8 Å². The van der Waals surface area contributed by atoms with Gasteiger partial charge in [0.1, 0.15) is 0 Å². The summed E-state index contributed by atoms with van der Waals surface area (Å²) in [7, 11) is 0. The van der Waals surface area contributed by atoms with Gasteiger partial charge in [-0.3, -0.25) is 10.1 Å². The van der Waals surface area contributed by atoms with Gasteiger partial charge in [0, 0.05) is 11.4 Å². The van der Waals surface area contributed by atoms with Crippen molar-refractivity contribution in [2.45, 2.75) is 6.04 Å². The highest BCUT2D eigenvalue weighted by Gasteiger charge is 2.31. The van der Waals surface area contributed by atoms with Gasteiger partial charge in [0.05, 0.1) is 11.8 Å². The topological polar surface area (TPSA) is 29.1 Å². The van der Waals surface area contributed by atoms with Gasteiger partial charge in [-0.1, -0.05) is 6.08 Å². The summed E-state index contributed by atoms with van der Waals surface area (Å²) in [5.41, 5.74) is 0. The van der Waals surface area contributed by atoms with E-state index in [-0.39, 0.29) is 6.04 Å². The van der Waals surface area contributed by atoms with Gasteiger partial charge in [-0.05, 0) is 0 Å². The van der Waals surface area contributed by atoms with Gasteiger partial charge in [-0.2, -0.15) is 0 Å². The Kier molecular flexibility index (Phi) is 1.13. The Bertz CT molecular complexity index is 187. The summed E-state index contributed by atoms with van der Waals surface area (Å²) in [6.07, 6.45) is 2.10. The van der Waals surface area contributed by atoms with Gasteiger partial charge >= 0.3 is 0 Å². The fourth-order valence-corrected chi connectivity index (χ4v) is 2.21. The lowest BCUT2D eigenvalue weighted by atomic mass is 10.2. The smallest absolute Gasteiger partial charge is 0.164 e. The fraction of sp³-hybridized carbons (Fsp3) is 0.500. The van der Waals surface area contributed by atoms with Crippen LogP contribution in [0.25, 0.3) is 0 Å². The van der Waals surface area contributed by atoms with E-state index in [0.717, 1.165) is 6.54 Å². The van der Waals surface area contributed by atoms with Crippen LogP contribution in [0.5, 0.6) is 0 Å². The monoisotopic (exact) mass is 141 g/mol. The Morgan fingerprint density at radius 3 is 3.44 bits per heavy atom. The third-order valence-electron chi connectivity index (χ3n) is 1.61. The molecule has 2 aliphatic rings. The molecule has 0 saturated carbocycles. The van der Waals surface area contributed by atoms with Crippen molar-refractivity contribution in [3.05, 3.63) is 11.0 Å². The first-order chi connectivity index (χ1) is 4.38. The van der Waals surface area contributed by atoms with Crippen LogP contribution < -0.4 is 5.32 Å². The largest absolute Gasteiger partial charge is 0.300 e. The lowest BCUT2D eigenvalue weighted by Crippen LogP contribution is -2.29. The molecule has 0 aromatic heterocycles. The first-order valence-electron chi connectivity index (χ1n) is 2.97. The number of thioether (sulfide) groups is 1. The number of Topliss-reactive ketones (excluding diaryl/α,β-unsaturated/α-hetero) is 1. The molecule has 1 unspecified atom stereocenters. The zero-order valence-corrected chi connectivity index (χ0v) is 5.70. The van der Waals surface area contributed by atoms with E-state index in [4.69, 9.17) is 0 Å². The number of carbonyl (C=O) groups is 1. The second-order valence-corrected chi connectivity index (χ2v) is 3.25. The molecule has 0 aromatic carbocycles. The number of hydrogen-bond donors (Lipinski definition) is 1. The maximum atomic E-state index is 10.9. The van der Waals surface area contributed by atoms with Gasteiger partial charge in [0.2, 0.25) is 0 Å². The van der Waals surface area contributed by atoms with Crippen LogP contribution in [0.1, 0.15) is 0 Å². The highest BCUT2D eigenvalue weighted by molar-refractivity contribution is 8.04. The molecule has 0 amide bonds. The van der Waals surface area contributed by atoms with E-state index in [9.17, 15) is 4.79 Å². The number of ketones is 1. The molecule has 1 atom stereocenters. The van der Waals surface area contributed by atoms with E-state index in [1.807, 2.05) is 0 Å². The van der Waals surface area contributed by atoms with E-state index in [1.54, 1.807) is 11.8 Å². The highest BCUT2D eigenvalue weighted by Crippen LogP contribution is 2.30. The van der Waals surface area contributed by atoms with Crippen molar-refractivity contribution in [2.24, 2.45) is 0 Å². The second kappa shape index (κ2) is 1.85. The Balaban J connectivity index is 2.29. The molecule has 2 nitrogen and oxygen atoms in total. The third-order valence-corrected chi connectivity index (χ3v) is 2.78. The van der Waals surface area contributed by atoms with Crippen molar-refractivity contribution in [1.29, 1.82) is 0 Å². The van der Waals surface area contributed by atoms with Crippen molar-refractivity contribution in [3.63, 3.8) is 0 Å². The summed E-state index contributed by atoms with van der Waals surface area (Å²) in [5.74, 6) is 1.01. The van der Waals surface area contributed by atoms with E-state index in [2.05, 4.69) is 11.4 Å². The van der Waals surface area contributed by atoms with Crippen LogP contribution in [-0.2, 0) is 4.79 Å². The SMILES string of the molecule is O=C1CSC2=CCNC12. The number of fused-ring (bicyclic) bond motifs is 1. The van der Waals surface area contributed by atoms with Crippen LogP contribution in [0.3, 0.4) is 0 Å². The highest BCUT2D eigenvalue weighted by atomic mass is 32.2. The quantitative estimate of drug-likeness (QED) is 0.521. The predicted octanol–water partition coefficient (Wildman–Crippen LogP) is 0.158. The van der Waals surface area contributed by atoms with Crippen molar-refractivity contribution in [2.75, 3.05) is 12.3 Å². The van der Waals surface area contributed by atoms with Gasteiger partial charge in [-0.25, -0.2) is 0 Å². The number of hydrogen-bond acceptors (Lipinski definition) is 3. The van der Waals surface area contributed by atoms with Crippen LogP contribution in [-0.4, -0.2) is 24.1 Å². The van der Waals surface area contributed by atoms with Gasteiger partial charge in [0.25, 0.3) is 0 Å². The molecular formula is C6H7NOS. The van der Waals surface area contributed by atoms with E-state index < -0.39 is 0 Å². The van der Waals surface area contributed by atoms with E-state index >= 15 is 0 Å². The normalized spacial score (nSPS) is 32.7. The first kappa shape index (κ1) is 5.50. The zero-order chi connectivity index (χ0) is 6.27. The zero-order valence-electron chi connectivity index (χ0n) is 4.89. The summed E-state index contributed by atoms with van der Waals surface area (Å²) in [6.45, 7) is 0.874. The summed E-state index contributed by atoms with van der Waals surface area (Å²) in [5, 5.41) is 3.11. The van der Waals surface area contributed by atoms with Gasteiger partial charge in [0.15, 0.2) is 5.78 Å². The Morgan fingerprint density at radius 2 is 2.67 bits per heavy atom. The van der Waals surface area contributed by atoms with E-state index in [0.29, 0.717) is 11.5 Å². The third kappa shape index (κ3) is 0.721. The summed E-state index contributed by atoms with van der Waals surface area (Å²) < 4.78 is 0. The fourth-order valence-electron chi connectivity index (χ4n) is 1.15. The van der Waals surface area contributed by atoms with Gasteiger partial charge < -0.3 is 0 Å². The molecule has 0 aliphatic carbocycles. The lowest BCUT2D eigenvalue weighted by molar-refractivity contribution is -0.117. The average molecular weight is 141 g/mol. The summed E-state index contributed by atoms with van der Waals surface area (Å²) in [6, 6.07) is 0.0787. The molecule has 1 saturated heterocycles. The Labute approximate surface area is 57.7 Å². The molecule has 2 rings (SSSR count). The van der Waals surface area contributed by atoms with Crippen LogP contribution in [0.2, 0.25) is 0 Å². The standard InChI is InChI=1S/C6H7NOS/c8-4-3-9-5-1-2-7-6(4)5/h1,6-7H,2-3H2. The van der Waals surface area contributed by atoms with Crippen molar-refractivity contribution < 1.29 is 4.79 Å². The number of carbonyl (C=O) groups excluding carboxylic acids is 1. The van der Waals surface area contributed by atoms with E-state index in [1.165, 1.54) is 4.91 Å². The minimum absolute atomic E-state index is 0.0787. The molecular weight excluding hydrogens is 134 g/mol. The van der Waals surface area contributed by atoms with Crippen molar-refractivity contribution in [1.82, 2.24) is 5.32 Å². The second-order valence-electron chi connectivity index (χ2n) is 2.20. The molecule has 0 radical (unpaired) electrons. The maximum absolute atomic E-state index is 10.9. The minimum Gasteiger partial charge on any atom is -0.300 e. The molecule has 2 heterocycles. The van der Waals surface area contributed by atoms with Crippen molar-refractivity contribution >= 4 is 17.5 Å². The predicted molar refractivity (Wildman–Crippen MR) is 37.3 cm³/mol. The minimum atomic E-state index is 0.0787. The maximum Gasteiger partial charge on any atom is 0.164 e. The lowest BCUT2D eigenvalue weighted by Gasteiger charge is -1.99.